The Morgan fingerprint density at radius 2 is 2.25 bits per heavy atom. The van der Waals surface area contributed by atoms with Gasteiger partial charge in [0.15, 0.2) is 0 Å². The number of rotatable bonds is 5. The van der Waals surface area contributed by atoms with E-state index in [2.05, 4.69) is 6.92 Å². The van der Waals surface area contributed by atoms with Crippen LogP contribution in [-0.2, 0) is 19.1 Å². The summed E-state index contributed by atoms with van der Waals surface area (Å²) in [5, 5.41) is 0. The summed E-state index contributed by atoms with van der Waals surface area (Å²) in [6, 6.07) is 0. The van der Waals surface area contributed by atoms with Gasteiger partial charge in [-0.2, -0.15) is 0 Å². The van der Waals surface area contributed by atoms with E-state index in [-0.39, 0.29) is 17.9 Å². The quantitative estimate of drug-likeness (QED) is 0.535. The van der Waals surface area contributed by atoms with Crippen LogP contribution in [0.5, 0.6) is 0 Å². The van der Waals surface area contributed by atoms with Crippen molar-refractivity contribution in [2.24, 2.45) is 5.92 Å². The first-order chi connectivity index (χ1) is 7.63. The predicted octanol–water partition coefficient (Wildman–Crippen LogP) is 2.41. The van der Waals surface area contributed by atoms with Gasteiger partial charge in [0.2, 0.25) is 6.29 Å². The van der Waals surface area contributed by atoms with Crippen molar-refractivity contribution in [3.8, 4) is 0 Å². The summed E-state index contributed by atoms with van der Waals surface area (Å²) in [5.74, 6) is -0.480. The van der Waals surface area contributed by atoms with Crippen LogP contribution in [0.4, 0.5) is 0 Å². The standard InChI is InChI=1S/C12H20O4/c1-3-4-5-6-10-7-8-11(14)16-12(10)15-9(2)13/h10,12H,3-8H2,1-2H3/t10-,12+/m1/s1. The zero-order valence-electron chi connectivity index (χ0n) is 10.0. The monoisotopic (exact) mass is 228 g/mol. The van der Waals surface area contributed by atoms with Gasteiger partial charge in [0.25, 0.3) is 0 Å². The van der Waals surface area contributed by atoms with Crippen molar-refractivity contribution in [1.82, 2.24) is 0 Å². The number of cyclic esters (lactones) is 1. The van der Waals surface area contributed by atoms with Crippen molar-refractivity contribution in [1.29, 1.82) is 0 Å². The smallest absolute Gasteiger partial charge is 0.308 e. The molecule has 0 saturated carbocycles. The van der Waals surface area contributed by atoms with Crippen LogP contribution in [0.2, 0.25) is 0 Å². The Morgan fingerprint density at radius 1 is 1.50 bits per heavy atom. The molecule has 0 aromatic carbocycles. The number of carbonyl (C=O) groups is 2. The summed E-state index contributed by atoms with van der Waals surface area (Å²) in [7, 11) is 0. The van der Waals surface area contributed by atoms with Gasteiger partial charge in [-0.25, -0.2) is 0 Å². The van der Waals surface area contributed by atoms with Gasteiger partial charge in [0.05, 0.1) is 0 Å². The third-order valence-corrected chi connectivity index (χ3v) is 2.81. The first-order valence-electron chi connectivity index (χ1n) is 6.00. The second kappa shape index (κ2) is 6.51. The van der Waals surface area contributed by atoms with Gasteiger partial charge < -0.3 is 9.47 Å². The van der Waals surface area contributed by atoms with Crippen molar-refractivity contribution in [2.75, 3.05) is 0 Å². The summed E-state index contributed by atoms with van der Waals surface area (Å²) in [6.45, 7) is 3.48. The van der Waals surface area contributed by atoms with E-state index in [1.54, 1.807) is 0 Å². The summed E-state index contributed by atoms with van der Waals surface area (Å²) < 4.78 is 10.1. The number of esters is 2. The highest BCUT2D eigenvalue weighted by atomic mass is 16.7. The molecule has 0 amide bonds. The molecule has 0 bridgehead atoms. The van der Waals surface area contributed by atoms with Crippen LogP contribution in [0.25, 0.3) is 0 Å². The number of ether oxygens (including phenoxy) is 2. The number of hydrogen-bond acceptors (Lipinski definition) is 4. The Balaban J connectivity index is 2.43. The molecule has 1 rings (SSSR count). The molecular formula is C12H20O4. The maximum Gasteiger partial charge on any atom is 0.308 e. The first-order valence-corrected chi connectivity index (χ1v) is 6.00. The van der Waals surface area contributed by atoms with Crippen molar-refractivity contribution >= 4 is 11.9 Å². The Kier molecular flexibility index (Phi) is 5.29. The van der Waals surface area contributed by atoms with Gasteiger partial charge in [0.1, 0.15) is 0 Å². The number of carbonyl (C=O) groups excluding carboxylic acids is 2. The van der Waals surface area contributed by atoms with E-state index >= 15 is 0 Å². The number of unbranched alkanes of at least 4 members (excludes halogenated alkanes) is 2. The van der Waals surface area contributed by atoms with Crippen LogP contribution < -0.4 is 0 Å². The molecule has 0 unspecified atom stereocenters. The highest BCUT2D eigenvalue weighted by molar-refractivity contribution is 5.71. The molecule has 4 nitrogen and oxygen atoms in total. The zero-order valence-corrected chi connectivity index (χ0v) is 10.0. The summed E-state index contributed by atoms with van der Waals surface area (Å²) >= 11 is 0. The van der Waals surface area contributed by atoms with E-state index in [0.717, 1.165) is 32.1 Å². The van der Waals surface area contributed by atoms with Crippen molar-refractivity contribution in [2.45, 2.75) is 58.7 Å². The lowest BCUT2D eigenvalue weighted by Gasteiger charge is -2.30. The Bertz CT molecular complexity index is 247. The fourth-order valence-corrected chi connectivity index (χ4v) is 1.94. The van der Waals surface area contributed by atoms with E-state index in [9.17, 15) is 9.59 Å². The van der Waals surface area contributed by atoms with Crippen molar-refractivity contribution in [3.63, 3.8) is 0 Å². The van der Waals surface area contributed by atoms with E-state index in [1.165, 1.54) is 6.92 Å². The fourth-order valence-electron chi connectivity index (χ4n) is 1.94. The van der Waals surface area contributed by atoms with Gasteiger partial charge in [-0.15, -0.1) is 0 Å². The van der Waals surface area contributed by atoms with Crippen molar-refractivity contribution in [3.05, 3.63) is 0 Å². The van der Waals surface area contributed by atoms with Gasteiger partial charge in [-0.1, -0.05) is 26.2 Å². The van der Waals surface area contributed by atoms with Crippen LogP contribution in [0.3, 0.4) is 0 Å². The lowest BCUT2D eigenvalue weighted by Crippen LogP contribution is -2.35. The van der Waals surface area contributed by atoms with Crippen LogP contribution in [0.15, 0.2) is 0 Å². The maximum absolute atomic E-state index is 11.1. The summed E-state index contributed by atoms with van der Waals surface area (Å²) in [5.41, 5.74) is 0. The normalized spacial score (nSPS) is 25.0. The maximum atomic E-state index is 11.1. The largest absolute Gasteiger partial charge is 0.425 e. The minimum atomic E-state index is -0.657. The van der Waals surface area contributed by atoms with Gasteiger partial charge >= 0.3 is 11.9 Å². The highest BCUT2D eigenvalue weighted by Gasteiger charge is 2.32. The number of hydrogen-bond donors (Lipinski definition) is 0. The molecule has 4 heteroatoms. The Morgan fingerprint density at radius 3 is 2.88 bits per heavy atom. The fraction of sp³-hybridized carbons (Fsp3) is 0.833. The van der Waals surface area contributed by atoms with E-state index in [4.69, 9.17) is 9.47 Å². The van der Waals surface area contributed by atoms with Crippen LogP contribution in [-0.4, -0.2) is 18.2 Å². The van der Waals surface area contributed by atoms with E-state index in [1.807, 2.05) is 0 Å². The summed E-state index contributed by atoms with van der Waals surface area (Å²) in [4.78, 5) is 22.0. The molecule has 1 saturated heterocycles. The average molecular weight is 228 g/mol. The van der Waals surface area contributed by atoms with Crippen molar-refractivity contribution < 1.29 is 19.1 Å². The van der Waals surface area contributed by atoms with E-state index < -0.39 is 6.29 Å². The van der Waals surface area contributed by atoms with Gasteiger partial charge in [-0.3, -0.25) is 9.59 Å². The molecule has 1 fully saturated rings. The molecule has 0 aromatic heterocycles. The average Bonchev–Trinajstić information content (AvgIpc) is 2.20. The molecule has 1 heterocycles. The Labute approximate surface area is 96.3 Å². The highest BCUT2D eigenvalue weighted by Crippen LogP contribution is 2.27. The van der Waals surface area contributed by atoms with Gasteiger partial charge in [-0.05, 0) is 12.8 Å². The molecule has 0 radical (unpaired) electrons. The van der Waals surface area contributed by atoms with Crippen LogP contribution in [0.1, 0.15) is 52.4 Å². The topological polar surface area (TPSA) is 52.6 Å². The lowest BCUT2D eigenvalue weighted by molar-refractivity contribution is -0.206. The van der Waals surface area contributed by atoms with E-state index in [0.29, 0.717) is 6.42 Å². The molecule has 2 atom stereocenters. The van der Waals surface area contributed by atoms with Gasteiger partial charge in [0, 0.05) is 19.3 Å². The predicted molar refractivity (Wildman–Crippen MR) is 58.5 cm³/mol. The second-order valence-corrected chi connectivity index (χ2v) is 4.26. The molecule has 0 aromatic rings. The molecule has 1 aliphatic rings. The third kappa shape index (κ3) is 4.21. The molecule has 0 N–H and O–H groups in total. The zero-order chi connectivity index (χ0) is 12.0. The molecule has 0 spiro atoms. The van der Waals surface area contributed by atoms with Crippen LogP contribution in [0, 0.1) is 5.92 Å². The molecule has 0 aliphatic carbocycles. The first kappa shape index (κ1) is 13.0. The minimum Gasteiger partial charge on any atom is -0.425 e. The molecule has 1 aliphatic heterocycles. The molecule has 92 valence electrons. The second-order valence-electron chi connectivity index (χ2n) is 4.26. The molecule has 16 heavy (non-hydrogen) atoms. The minimum absolute atomic E-state index is 0.174. The Hall–Kier alpha value is -1.06. The SMILES string of the molecule is CCCCC[C@@H]1CCC(=O)O[C@@H]1OC(C)=O. The third-order valence-electron chi connectivity index (χ3n) is 2.81. The van der Waals surface area contributed by atoms with Crippen LogP contribution >= 0.6 is 0 Å². The molecular weight excluding hydrogens is 208 g/mol. The lowest BCUT2D eigenvalue weighted by atomic mass is 9.94. The summed E-state index contributed by atoms with van der Waals surface area (Å²) in [6.07, 6.45) is 4.92.